The summed E-state index contributed by atoms with van der Waals surface area (Å²) in [7, 11) is 0. The second kappa shape index (κ2) is 6.70. The summed E-state index contributed by atoms with van der Waals surface area (Å²) in [5.41, 5.74) is 0.787. The molecule has 0 bridgehead atoms. The Labute approximate surface area is 123 Å². The molecule has 4 nitrogen and oxygen atoms in total. The van der Waals surface area contributed by atoms with Crippen molar-refractivity contribution in [2.75, 3.05) is 13.1 Å². The number of carboxylic acid groups (broad SMARTS) is 1. The molecule has 0 saturated carbocycles. The molecule has 0 spiro atoms. The number of amides is 1. The highest BCUT2D eigenvalue weighted by atomic mass is 19.1. The maximum atomic E-state index is 13.2. The Morgan fingerprint density at radius 1 is 1.48 bits per heavy atom. The topological polar surface area (TPSA) is 57.6 Å². The van der Waals surface area contributed by atoms with E-state index in [-0.39, 0.29) is 30.6 Å². The minimum Gasteiger partial charge on any atom is -0.481 e. The van der Waals surface area contributed by atoms with Gasteiger partial charge in [0.25, 0.3) is 0 Å². The maximum Gasteiger partial charge on any atom is 0.308 e. The summed E-state index contributed by atoms with van der Waals surface area (Å²) in [6.45, 7) is 2.77. The van der Waals surface area contributed by atoms with Crippen molar-refractivity contribution < 1.29 is 19.1 Å². The van der Waals surface area contributed by atoms with E-state index in [1.165, 1.54) is 12.1 Å². The summed E-state index contributed by atoms with van der Waals surface area (Å²) in [5.74, 6) is -1.76. The van der Waals surface area contributed by atoms with Crippen LogP contribution in [0.2, 0.25) is 0 Å². The quantitative estimate of drug-likeness (QED) is 0.928. The molecule has 2 rings (SSSR count). The molecule has 2 atom stereocenters. The second-order valence-corrected chi connectivity index (χ2v) is 5.68. The molecule has 21 heavy (non-hydrogen) atoms. The van der Waals surface area contributed by atoms with Crippen molar-refractivity contribution in [3.05, 3.63) is 35.6 Å². The van der Waals surface area contributed by atoms with Crippen molar-refractivity contribution in [2.45, 2.75) is 32.1 Å². The summed E-state index contributed by atoms with van der Waals surface area (Å²) in [6.07, 6.45) is 1.62. The van der Waals surface area contributed by atoms with Crippen molar-refractivity contribution in [1.29, 1.82) is 0 Å². The molecular formula is C16H20FNO3. The van der Waals surface area contributed by atoms with Gasteiger partial charge >= 0.3 is 5.97 Å². The van der Waals surface area contributed by atoms with Gasteiger partial charge in [-0.15, -0.1) is 0 Å². The van der Waals surface area contributed by atoms with E-state index in [9.17, 15) is 14.0 Å². The van der Waals surface area contributed by atoms with Crippen LogP contribution < -0.4 is 0 Å². The van der Waals surface area contributed by atoms with Crippen LogP contribution in [0.3, 0.4) is 0 Å². The SMILES string of the molecule is C[C@H](CC(=O)N1CCC[C@@H](C(=O)O)C1)c1cccc(F)c1. The number of hydrogen-bond donors (Lipinski definition) is 1. The highest BCUT2D eigenvalue weighted by Crippen LogP contribution is 2.23. The first kappa shape index (κ1) is 15.5. The molecular weight excluding hydrogens is 273 g/mol. The lowest BCUT2D eigenvalue weighted by Gasteiger charge is -2.31. The number of carbonyl (C=O) groups excluding carboxylic acids is 1. The molecule has 0 radical (unpaired) electrons. The number of carboxylic acids is 1. The minimum absolute atomic E-state index is 0.0577. The first-order chi connectivity index (χ1) is 9.97. The lowest BCUT2D eigenvalue weighted by atomic mass is 9.94. The molecule has 1 N–H and O–H groups in total. The zero-order valence-corrected chi connectivity index (χ0v) is 12.1. The van der Waals surface area contributed by atoms with Gasteiger partial charge in [0.2, 0.25) is 5.91 Å². The normalized spacial score (nSPS) is 20.1. The number of likely N-dealkylation sites (tertiary alicyclic amines) is 1. The van der Waals surface area contributed by atoms with Crippen LogP contribution >= 0.6 is 0 Å². The molecule has 1 aromatic rings. The van der Waals surface area contributed by atoms with Crippen LogP contribution in [0.15, 0.2) is 24.3 Å². The van der Waals surface area contributed by atoms with Crippen molar-refractivity contribution in [1.82, 2.24) is 4.90 Å². The molecule has 1 fully saturated rings. The Hall–Kier alpha value is -1.91. The van der Waals surface area contributed by atoms with Crippen molar-refractivity contribution in [2.24, 2.45) is 5.92 Å². The van der Waals surface area contributed by atoms with E-state index in [1.807, 2.05) is 6.92 Å². The molecule has 114 valence electrons. The Kier molecular flexibility index (Phi) is 4.94. The van der Waals surface area contributed by atoms with Crippen LogP contribution in [-0.4, -0.2) is 35.0 Å². The van der Waals surface area contributed by atoms with E-state index in [0.717, 1.165) is 12.0 Å². The Morgan fingerprint density at radius 2 is 2.24 bits per heavy atom. The fourth-order valence-electron chi connectivity index (χ4n) is 2.73. The highest BCUT2D eigenvalue weighted by molar-refractivity contribution is 5.78. The van der Waals surface area contributed by atoms with Crippen LogP contribution in [0.1, 0.15) is 37.7 Å². The fraction of sp³-hybridized carbons (Fsp3) is 0.500. The van der Waals surface area contributed by atoms with Gasteiger partial charge in [0.1, 0.15) is 5.82 Å². The van der Waals surface area contributed by atoms with Gasteiger partial charge in [0.15, 0.2) is 0 Å². The third-order valence-corrected chi connectivity index (χ3v) is 4.02. The number of carbonyl (C=O) groups is 2. The molecule has 0 aliphatic carbocycles. The number of benzene rings is 1. The smallest absolute Gasteiger partial charge is 0.308 e. The van der Waals surface area contributed by atoms with Gasteiger partial charge in [0.05, 0.1) is 5.92 Å². The standard InChI is InChI=1S/C16H20FNO3/c1-11(12-4-2-6-14(17)9-12)8-15(19)18-7-3-5-13(10-18)16(20)21/h2,4,6,9,11,13H,3,5,7-8,10H2,1H3,(H,20,21)/t11-,13-/m1/s1. The first-order valence-electron chi connectivity index (χ1n) is 7.23. The predicted molar refractivity (Wildman–Crippen MR) is 76.4 cm³/mol. The third kappa shape index (κ3) is 4.03. The van der Waals surface area contributed by atoms with Crippen molar-refractivity contribution >= 4 is 11.9 Å². The Balaban J connectivity index is 1.96. The van der Waals surface area contributed by atoms with E-state index in [1.54, 1.807) is 17.0 Å². The number of nitrogens with zero attached hydrogens (tertiary/aromatic N) is 1. The largest absolute Gasteiger partial charge is 0.481 e. The summed E-state index contributed by atoms with van der Waals surface area (Å²) < 4.78 is 13.2. The van der Waals surface area contributed by atoms with Crippen LogP contribution in [-0.2, 0) is 9.59 Å². The van der Waals surface area contributed by atoms with Gasteiger partial charge in [-0.25, -0.2) is 4.39 Å². The molecule has 0 aromatic heterocycles. The van der Waals surface area contributed by atoms with Gasteiger partial charge in [-0.05, 0) is 36.5 Å². The summed E-state index contributed by atoms with van der Waals surface area (Å²) in [6, 6.07) is 6.25. The second-order valence-electron chi connectivity index (χ2n) is 5.68. The predicted octanol–water partition coefficient (Wildman–Crippen LogP) is 2.64. The van der Waals surface area contributed by atoms with Gasteiger partial charge in [-0.1, -0.05) is 19.1 Å². The Morgan fingerprint density at radius 3 is 2.90 bits per heavy atom. The van der Waals surface area contributed by atoms with Gasteiger partial charge in [0, 0.05) is 19.5 Å². The molecule has 1 aliphatic heterocycles. The first-order valence-corrected chi connectivity index (χ1v) is 7.23. The Bertz CT molecular complexity index is 532. The van der Waals surface area contributed by atoms with Crippen LogP contribution in [0.4, 0.5) is 4.39 Å². The van der Waals surface area contributed by atoms with E-state index in [2.05, 4.69) is 0 Å². The number of aliphatic carboxylic acids is 1. The zero-order chi connectivity index (χ0) is 15.4. The maximum absolute atomic E-state index is 13.2. The van der Waals surface area contributed by atoms with Crippen molar-refractivity contribution in [3.8, 4) is 0 Å². The fourth-order valence-corrected chi connectivity index (χ4v) is 2.73. The summed E-state index contributed by atoms with van der Waals surface area (Å²) >= 11 is 0. The van der Waals surface area contributed by atoms with Gasteiger partial charge in [-0.3, -0.25) is 9.59 Å². The zero-order valence-electron chi connectivity index (χ0n) is 12.1. The van der Waals surface area contributed by atoms with Crippen LogP contribution in [0.25, 0.3) is 0 Å². The third-order valence-electron chi connectivity index (χ3n) is 4.02. The average Bonchev–Trinajstić information content (AvgIpc) is 2.47. The molecule has 0 unspecified atom stereocenters. The van der Waals surface area contributed by atoms with Crippen LogP contribution in [0, 0.1) is 11.7 Å². The number of hydrogen-bond acceptors (Lipinski definition) is 2. The number of rotatable bonds is 4. The molecule has 1 amide bonds. The van der Waals surface area contributed by atoms with Crippen molar-refractivity contribution in [3.63, 3.8) is 0 Å². The van der Waals surface area contributed by atoms with Crippen LogP contribution in [0.5, 0.6) is 0 Å². The van der Waals surface area contributed by atoms with E-state index >= 15 is 0 Å². The summed E-state index contributed by atoms with van der Waals surface area (Å²) in [4.78, 5) is 24.9. The lowest BCUT2D eigenvalue weighted by Crippen LogP contribution is -2.42. The van der Waals surface area contributed by atoms with E-state index in [4.69, 9.17) is 5.11 Å². The number of piperidine rings is 1. The molecule has 5 heteroatoms. The van der Waals surface area contributed by atoms with Gasteiger partial charge < -0.3 is 10.0 Å². The lowest BCUT2D eigenvalue weighted by molar-refractivity contribution is -0.145. The molecule has 1 aliphatic rings. The van der Waals surface area contributed by atoms with E-state index < -0.39 is 11.9 Å². The highest BCUT2D eigenvalue weighted by Gasteiger charge is 2.28. The van der Waals surface area contributed by atoms with E-state index in [0.29, 0.717) is 13.0 Å². The molecule has 1 saturated heterocycles. The summed E-state index contributed by atoms with van der Waals surface area (Å²) in [5, 5.41) is 9.05. The monoisotopic (exact) mass is 293 g/mol. The molecule has 1 heterocycles. The molecule has 1 aromatic carbocycles. The number of halogens is 1. The average molecular weight is 293 g/mol. The van der Waals surface area contributed by atoms with Gasteiger partial charge in [-0.2, -0.15) is 0 Å². The minimum atomic E-state index is -0.842.